The molecular weight excluding hydrogens is 390 g/mol. The standard InChI is InChI=1S/C18H10F6N2O2/c19-17(20,21)10-5-7-11(8-6-10)26-16(28)13(9-25)15(27)12-3-1-2-4-14(12)18(22,23)24/h1-8,27H,(H,26,28)/b15-13-. The Hall–Kier alpha value is -3.48. The molecule has 10 heteroatoms. The first kappa shape index (κ1) is 20.8. The van der Waals surface area contributed by atoms with E-state index in [1.54, 1.807) is 0 Å². The third-order valence-corrected chi connectivity index (χ3v) is 3.53. The highest BCUT2D eigenvalue weighted by atomic mass is 19.4. The molecule has 0 aliphatic rings. The summed E-state index contributed by atoms with van der Waals surface area (Å²) in [6.45, 7) is 0. The summed E-state index contributed by atoms with van der Waals surface area (Å²) in [6, 6.07) is 8.22. The van der Waals surface area contributed by atoms with E-state index in [-0.39, 0.29) is 5.69 Å². The minimum absolute atomic E-state index is 0.150. The van der Waals surface area contributed by atoms with Crippen molar-refractivity contribution < 1.29 is 36.2 Å². The fourth-order valence-corrected chi connectivity index (χ4v) is 2.22. The summed E-state index contributed by atoms with van der Waals surface area (Å²) < 4.78 is 76.7. The fourth-order valence-electron chi connectivity index (χ4n) is 2.22. The maximum absolute atomic E-state index is 13.0. The molecule has 2 rings (SSSR count). The van der Waals surface area contributed by atoms with Crippen LogP contribution in [0.1, 0.15) is 16.7 Å². The second kappa shape index (κ2) is 7.64. The predicted octanol–water partition coefficient (Wildman–Crippen LogP) is 5.16. The normalized spacial score (nSPS) is 12.8. The van der Waals surface area contributed by atoms with Gasteiger partial charge in [0.05, 0.1) is 11.1 Å². The van der Waals surface area contributed by atoms with Gasteiger partial charge in [0.1, 0.15) is 11.8 Å². The smallest absolute Gasteiger partial charge is 0.417 e. The average molecular weight is 400 g/mol. The van der Waals surface area contributed by atoms with E-state index in [1.165, 1.54) is 12.1 Å². The molecule has 2 N–H and O–H groups in total. The topological polar surface area (TPSA) is 73.1 Å². The number of alkyl halides is 6. The number of hydrogen-bond acceptors (Lipinski definition) is 3. The van der Waals surface area contributed by atoms with Crippen molar-refractivity contribution in [3.05, 3.63) is 70.8 Å². The average Bonchev–Trinajstić information content (AvgIpc) is 2.61. The SMILES string of the molecule is N#C/C(C(=O)Nc1ccc(C(F)(F)F)cc1)=C(/O)c1ccccc1C(F)(F)F. The summed E-state index contributed by atoms with van der Waals surface area (Å²) in [5.74, 6) is -2.49. The summed E-state index contributed by atoms with van der Waals surface area (Å²) in [5, 5.41) is 21.2. The Morgan fingerprint density at radius 2 is 1.50 bits per heavy atom. The number of nitrogens with zero attached hydrogens (tertiary/aromatic N) is 1. The molecule has 0 heterocycles. The third-order valence-electron chi connectivity index (χ3n) is 3.53. The highest BCUT2D eigenvalue weighted by Gasteiger charge is 2.35. The van der Waals surface area contributed by atoms with Crippen molar-refractivity contribution >= 4 is 17.4 Å². The Morgan fingerprint density at radius 3 is 2.00 bits per heavy atom. The summed E-state index contributed by atoms with van der Waals surface area (Å²) in [6.07, 6.45) is -9.45. The lowest BCUT2D eigenvalue weighted by Crippen LogP contribution is -2.17. The van der Waals surface area contributed by atoms with Crippen molar-refractivity contribution in [1.29, 1.82) is 5.26 Å². The van der Waals surface area contributed by atoms with Crippen LogP contribution in [0.4, 0.5) is 32.0 Å². The first-order valence-corrected chi connectivity index (χ1v) is 7.43. The number of aliphatic hydroxyl groups is 1. The number of carbonyl (C=O) groups excluding carboxylic acids is 1. The molecule has 0 saturated carbocycles. The Bertz CT molecular complexity index is 954. The summed E-state index contributed by atoms with van der Waals surface area (Å²) >= 11 is 0. The maximum atomic E-state index is 13.0. The lowest BCUT2D eigenvalue weighted by Gasteiger charge is -2.13. The van der Waals surface area contributed by atoms with Crippen molar-refractivity contribution in [2.24, 2.45) is 0 Å². The molecular formula is C18H10F6N2O2. The van der Waals surface area contributed by atoms with E-state index in [0.29, 0.717) is 18.2 Å². The summed E-state index contributed by atoms with van der Waals surface area (Å²) in [7, 11) is 0. The quantitative estimate of drug-likeness (QED) is 0.324. The van der Waals surface area contributed by atoms with Crippen LogP contribution in [0.15, 0.2) is 54.1 Å². The first-order valence-electron chi connectivity index (χ1n) is 7.43. The van der Waals surface area contributed by atoms with E-state index in [9.17, 15) is 36.2 Å². The molecule has 0 aromatic heterocycles. The second-order valence-corrected chi connectivity index (χ2v) is 5.41. The second-order valence-electron chi connectivity index (χ2n) is 5.41. The summed E-state index contributed by atoms with van der Waals surface area (Å²) in [5.41, 5.74) is -4.21. The van der Waals surface area contributed by atoms with Crippen molar-refractivity contribution in [2.45, 2.75) is 12.4 Å². The number of nitrogens with one attached hydrogen (secondary N) is 1. The Balaban J connectivity index is 2.37. The van der Waals surface area contributed by atoms with Crippen LogP contribution in [-0.2, 0) is 17.1 Å². The van der Waals surface area contributed by atoms with Gasteiger partial charge >= 0.3 is 12.4 Å². The molecule has 1 amide bonds. The van der Waals surface area contributed by atoms with E-state index in [1.807, 2.05) is 0 Å². The molecule has 0 atom stereocenters. The van der Waals surface area contributed by atoms with Gasteiger partial charge in [-0.25, -0.2) is 0 Å². The lowest BCUT2D eigenvalue weighted by molar-refractivity contribution is -0.138. The largest absolute Gasteiger partial charge is 0.506 e. The van der Waals surface area contributed by atoms with Crippen LogP contribution in [0.2, 0.25) is 0 Å². The van der Waals surface area contributed by atoms with Gasteiger partial charge in [0.25, 0.3) is 5.91 Å². The number of amides is 1. The van der Waals surface area contributed by atoms with Crippen LogP contribution < -0.4 is 5.32 Å². The van der Waals surface area contributed by atoms with Crippen LogP contribution in [0.5, 0.6) is 0 Å². The number of rotatable bonds is 3. The molecule has 4 nitrogen and oxygen atoms in total. The molecule has 28 heavy (non-hydrogen) atoms. The van der Waals surface area contributed by atoms with Gasteiger partial charge in [-0.15, -0.1) is 0 Å². The molecule has 0 aliphatic carbocycles. The zero-order valence-corrected chi connectivity index (χ0v) is 13.7. The number of halogens is 6. The zero-order chi connectivity index (χ0) is 21.1. The van der Waals surface area contributed by atoms with E-state index in [0.717, 1.165) is 24.3 Å². The molecule has 0 fully saturated rings. The number of nitriles is 1. The minimum Gasteiger partial charge on any atom is -0.506 e. The number of hydrogen-bond donors (Lipinski definition) is 2. The Labute approximate surface area is 154 Å². The Morgan fingerprint density at radius 1 is 0.929 bits per heavy atom. The molecule has 2 aromatic carbocycles. The van der Waals surface area contributed by atoms with E-state index in [2.05, 4.69) is 5.32 Å². The predicted molar refractivity (Wildman–Crippen MR) is 86.7 cm³/mol. The molecule has 0 saturated heterocycles. The molecule has 0 aliphatic heterocycles. The molecule has 0 bridgehead atoms. The van der Waals surface area contributed by atoms with Gasteiger partial charge in [-0.3, -0.25) is 4.79 Å². The van der Waals surface area contributed by atoms with Gasteiger partial charge in [-0.1, -0.05) is 18.2 Å². The third kappa shape index (κ3) is 4.62. The van der Waals surface area contributed by atoms with Crippen LogP contribution in [0.25, 0.3) is 5.76 Å². The van der Waals surface area contributed by atoms with E-state index < -0.39 is 46.3 Å². The van der Waals surface area contributed by atoms with Gasteiger partial charge < -0.3 is 10.4 Å². The highest BCUT2D eigenvalue weighted by molar-refractivity contribution is 6.11. The molecule has 2 aromatic rings. The van der Waals surface area contributed by atoms with E-state index >= 15 is 0 Å². The number of aliphatic hydroxyl groups excluding tert-OH is 1. The summed E-state index contributed by atoms with van der Waals surface area (Å²) in [4.78, 5) is 12.1. The number of carbonyl (C=O) groups is 1. The van der Waals surface area contributed by atoms with Gasteiger partial charge in [-0.05, 0) is 30.3 Å². The van der Waals surface area contributed by atoms with Crippen LogP contribution in [0.3, 0.4) is 0 Å². The van der Waals surface area contributed by atoms with Crippen molar-refractivity contribution in [3.63, 3.8) is 0 Å². The molecule has 0 radical (unpaired) electrons. The highest BCUT2D eigenvalue weighted by Crippen LogP contribution is 2.35. The first-order chi connectivity index (χ1) is 12.9. The van der Waals surface area contributed by atoms with Gasteiger partial charge in [0.2, 0.25) is 0 Å². The molecule has 146 valence electrons. The zero-order valence-electron chi connectivity index (χ0n) is 13.7. The Kier molecular flexibility index (Phi) is 5.68. The van der Waals surface area contributed by atoms with Crippen molar-refractivity contribution in [3.8, 4) is 6.07 Å². The number of anilines is 1. The van der Waals surface area contributed by atoms with Gasteiger partial charge in [0, 0.05) is 11.3 Å². The van der Waals surface area contributed by atoms with Crippen LogP contribution in [-0.4, -0.2) is 11.0 Å². The molecule has 0 spiro atoms. The fraction of sp³-hybridized carbons (Fsp3) is 0.111. The van der Waals surface area contributed by atoms with Gasteiger partial charge in [-0.2, -0.15) is 31.6 Å². The van der Waals surface area contributed by atoms with Crippen molar-refractivity contribution in [1.82, 2.24) is 0 Å². The van der Waals surface area contributed by atoms with E-state index in [4.69, 9.17) is 5.26 Å². The van der Waals surface area contributed by atoms with Crippen LogP contribution in [0, 0.1) is 11.3 Å². The monoisotopic (exact) mass is 400 g/mol. The van der Waals surface area contributed by atoms with Gasteiger partial charge in [0.15, 0.2) is 5.57 Å². The van der Waals surface area contributed by atoms with Crippen molar-refractivity contribution in [2.75, 3.05) is 5.32 Å². The lowest BCUT2D eigenvalue weighted by atomic mass is 10.0. The number of benzene rings is 2. The minimum atomic E-state index is -4.85. The molecule has 0 unspecified atom stereocenters. The maximum Gasteiger partial charge on any atom is 0.417 e. The van der Waals surface area contributed by atoms with Crippen LogP contribution >= 0.6 is 0 Å².